The van der Waals surface area contributed by atoms with Crippen LogP contribution in [0.5, 0.6) is 0 Å². The molecule has 7 heteroatoms. The van der Waals surface area contributed by atoms with Crippen LogP contribution in [-0.4, -0.2) is 49.9 Å². The second kappa shape index (κ2) is 7.17. The summed E-state index contributed by atoms with van der Waals surface area (Å²) < 4.78 is 1.83. The number of carbonyl (C=O) groups is 1. The van der Waals surface area contributed by atoms with Crippen LogP contribution in [0.15, 0.2) is 24.5 Å². The second-order valence-electron chi connectivity index (χ2n) is 6.74. The molecule has 0 saturated carbocycles. The summed E-state index contributed by atoms with van der Waals surface area (Å²) >= 11 is 0. The van der Waals surface area contributed by atoms with Crippen molar-refractivity contribution in [2.24, 2.45) is 0 Å². The van der Waals surface area contributed by atoms with Gasteiger partial charge in [0, 0.05) is 29.9 Å². The van der Waals surface area contributed by atoms with Crippen LogP contribution in [0, 0.1) is 0 Å². The van der Waals surface area contributed by atoms with Crippen molar-refractivity contribution in [3.05, 3.63) is 30.2 Å². The van der Waals surface area contributed by atoms with Crippen LogP contribution in [0.1, 0.15) is 51.3 Å². The molecule has 7 nitrogen and oxygen atoms in total. The van der Waals surface area contributed by atoms with Crippen LogP contribution < -0.4 is 5.32 Å². The van der Waals surface area contributed by atoms with Gasteiger partial charge in [0.1, 0.15) is 5.82 Å². The van der Waals surface area contributed by atoms with Crippen LogP contribution >= 0.6 is 0 Å². The molecule has 2 N–H and O–H groups in total. The van der Waals surface area contributed by atoms with E-state index in [9.17, 15) is 4.79 Å². The molecule has 1 fully saturated rings. The van der Waals surface area contributed by atoms with Crippen LogP contribution in [0.25, 0.3) is 0 Å². The topological polar surface area (TPSA) is 78.8 Å². The maximum absolute atomic E-state index is 12.6. The summed E-state index contributed by atoms with van der Waals surface area (Å²) in [6.45, 7) is 7.91. The number of carbonyl (C=O) groups excluding carboxylic acids is 1. The lowest BCUT2D eigenvalue weighted by atomic mass is 9.93. The van der Waals surface area contributed by atoms with Gasteiger partial charge in [0.25, 0.3) is 0 Å². The van der Waals surface area contributed by atoms with Gasteiger partial charge in [-0.1, -0.05) is 0 Å². The number of likely N-dealkylation sites (tertiary alicyclic amines) is 1. The molecule has 2 aromatic heterocycles. The van der Waals surface area contributed by atoms with Gasteiger partial charge in [-0.15, -0.1) is 0 Å². The number of aromatic amines is 1. The number of aromatic nitrogens is 4. The van der Waals surface area contributed by atoms with Crippen molar-refractivity contribution < 1.29 is 4.79 Å². The largest absolute Gasteiger partial charge is 0.310 e. The molecule has 130 valence electrons. The highest BCUT2D eigenvalue weighted by Gasteiger charge is 2.28. The van der Waals surface area contributed by atoms with Crippen molar-refractivity contribution in [1.29, 1.82) is 0 Å². The Balaban J connectivity index is 1.56. The highest BCUT2D eigenvalue weighted by atomic mass is 16.2. The fourth-order valence-electron chi connectivity index (χ4n) is 3.31. The minimum atomic E-state index is -0.150. The zero-order chi connectivity index (χ0) is 17.1. The van der Waals surface area contributed by atoms with E-state index in [4.69, 9.17) is 0 Å². The lowest BCUT2D eigenvalue weighted by molar-refractivity contribution is -0.121. The van der Waals surface area contributed by atoms with Gasteiger partial charge in [-0.25, -0.2) is 4.68 Å². The molecule has 0 radical (unpaired) electrons. The molecule has 0 spiro atoms. The minimum absolute atomic E-state index is 0.0254. The predicted octanol–water partition coefficient (Wildman–Crippen LogP) is 2.39. The van der Waals surface area contributed by atoms with Crippen molar-refractivity contribution >= 4 is 11.7 Å². The molecular weight excluding hydrogens is 304 g/mol. The molecule has 0 aromatic carbocycles. The smallest absolute Gasteiger partial charge is 0.242 e. The van der Waals surface area contributed by atoms with Crippen LogP contribution in [-0.2, 0) is 4.79 Å². The normalized spacial score (nSPS) is 18.0. The van der Waals surface area contributed by atoms with Crippen LogP contribution in [0.3, 0.4) is 0 Å². The molecule has 1 aliphatic heterocycles. The van der Waals surface area contributed by atoms with Gasteiger partial charge in [-0.3, -0.25) is 14.8 Å². The van der Waals surface area contributed by atoms with E-state index in [1.807, 2.05) is 37.6 Å². The Kier molecular flexibility index (Phi) is 4.99. The molecule has 1 saturated heterocycles. The van der Waals surface area contributed by atoms with Gasteiger partial charge in [0.2, 0.25) is 5.91 Å². The third-order valence-electron chi connectivity index (χ3n) is 4.83. The first-order chi connectivity index (χ1) is 11.6. The summed E-state index contributed by atoms with van der Waals surface area (Å²) in [5.41, 5.74) is 1.20. The third kappa shape index (κ3) is 3.51. The second-order valence-corrected chi connectivity index (χ2v) is 6.74. The number of anilines is 1. The summed E-state index contributed by atoms with van der Waals surface area (Å²) in [4.78, 5) is 14.8. The lowest BCUT2D eigenvalue weighted by Gasteiger charge is -2.35. The Morgan fingerprint density at radius 2 is 2.00 bits per heavy atom. The van der Waals surface area contributed by atoms with E-state index >= 15 is 0 Å². The fourth-order valence-corrected chi connectivity index (χ4v) is 3.31. The number of H-pyrrole nitrogens is 1. The number of hydrogen-bond donors (Lipinski definition) is 2. The summed E-state index contributed by atoms with van der Waals surface area (Å²) in [6, 6.07) is 3.96. The van der Waals surface area contributed by atoms with Crippen molar-refractivity contribution in [2.45, 2.75) is 51.6 Å². The standard InChI is InChI=1S/C17H26N6O/c1-12(2)23-16(5-9-19-23)20-17(24)13(3)22-10-6-14(7-11-22)15-4-8-18-21-15/h4-5,8-9,12-14H,6-7,10-11H2,1-3H3,(H,18,21)(H,20,24). The summed E-state index contributed by atoms with van der Waals surface area (Å²) in [5, 5.41) is 14.4. The Bertz CT molecular complexity index is 654. The molecule has 2 aromatic rings. The van der Waals surface area contributed by atoms with E-state index in [2.05, 4.69) is 25.5 Å². The van der Waals surface area contributed by atoms with E-state index in [1.54, 1.807) is 12.4 Å². The van der Waals surface area contributed by atoms with Crippen LogP contribution in [0.4, 0.5) is 5.82 Å². The highest BCUT2D eigenvalue weighted by molar-refractivity contribution is 5.93. The molecule has 3 rings (SSSR count). The van der Waals surface area contributed by atoms with E-state index in [-0.39, 0.29) is 18.0 Å². The predicted molar refractivity (Wildman–Crippen MR) is 92.8 cm³/mol. The average molecular weight is 330 g/mol. The number of nitrogens with zero attached hydrogens (tertiary/aromatic N) is 4. The van der Waals surface area contributed by atoms with E-state index < -0.39 is 0 Å². The number of piperidine rings is 1. The van der Waals surface area contributed by atoms with Crippen molar-refractivity contribution in [1.82, 2.24) is 24.9 Å². The molecule has 0 aliphatic carbocycles. The summed E-state index contributed by atoms with van der Waals surface area (Å²) in [6.07, 6.45) is 5.61. The fraction of sp³-hybridized carbons (Fsp3) is 0.588. The average Bonchev–Trinajstić information content (AvgIpc) is 3.26. The molecule has 1 atom stereocenters. The molecule has 1 aliphatic rings. The maximum Gasteiger partial charge on any atom is 0.242 e. The molecule has 1 unspecified atom stereocenters. The van der Waals surface area contributed by atoms with Crippen molar-refractivity contribution in [2.75, 3.05) is 18.4 Å². The number of nitrogens with one attached hydrogen (secondary N) is 2. The molecular formula is C17H26N6O. The highest BCUT2D eigenvalue weighted by Crippen LogP contribution is 2.27. The zero-order valence-corrected chi connectivity index (χ0v) is 14.6. The quantitative estimate of drug-likeness (QED) is 0.882. The zero-order valence-electron chi connectivity index (χ0n) is 14.6. The van der Waals surface area contributed by atoms with Gasteiger partial charge in [0.15, 0.2) is 0 Å². The first kappa shape index (κ1) is 16.7. The Labute approximate surface area is 142 Å². The summed E-state index contributed by atoms with van der Waals surface area (Å²) in [7, 11) is 0. The molecule has 0 bridgehead atoms. The Hall–Kier alpha value is -2.15. The number of rotatable bonds is 5. The third-order valence-corrected chi connectivity index (χ3v) is 4.83. The SMILES string of the molecule is CC(C(=O)Nc1ccnn1C(C)C)N1CCC(c2ccn[nH]2)CC1. The molecule has 24 heavy (non-hydrogen) atoms. The monoisotopic (exact) mass is 330 g/mol. The summed E-state index contributed by atoms with van der Waals surface area (Å²) in [5.74, 6) is 1.30. The van der Waals surface area contributed by atoms with Crippen molar-refractivity contribution in [3.63, 3.8) is 0 Å². The Morgan fingerprint density at radius 1 is 1.25 bits per heavy atom. The first-order valence-electron chi connectivity index (χ1n) is 8.64. The molecule has 1 amide bonds. The number of hydrogen-bond acceptors (Lipinski definition) is 4. The van der Waals surface area contributed by atoms with E-state index in [0.717, 1.165) is 31.7 Å². The first-order valence-corrected chi connectivity index (χ1v) is 8.64. The Morgan fingerprint density at radius 3 is 2.62 bits per heavy atom. The van der Waals surface area contributed by atoms with Gasteiger partial charge >= 0.3 is 0 Å². The van der Waals surface area contributed by atoms with Gasteiger partial charge in [-0.2, -0.15) is 10.2 Å². The van der Waals surface area contributed by atoms with Crippen LogP contribution in [0.2, 0.25) is 0 Å². The van der Waals surface area contributed by atoms with Gasteiger partial charge in [0.05, 0.1) is 12.2 Å². The maximum atomic E-state index is 12.6. The van der Waals surface area contributed by atoms with E-state index in [1.165, 1.54) is 5.69 Å². The van der Waals surface area contributed by atoms with Gasteiger partial charge in [-0.05, 0) is 52.8 Å². The number of amides is 1. The lowest BCUT2D eigenvalue weighted by Crippen LogP contribution is -2.46. The van der Waals surface area contributed by atoms with Gasteiger partial charge < -0.3 is 5.32 Å². The van der Waals surface area contributed by atoms with Crippen molar-refractivity contribution in [3.8, 4) is 0 Å². The molecule has 3 heterocycles. The van der Waals surface area contributed by atoms with E-state index in [0.29, 0.717) is 5.92 Å². The minimum Gasteiger partial charge on any atom is -0.310 e.